The Balaban J connectivity index is 0.00000128. The minimum atomic E-state index is 0. The third kappa shape index (κ3) is 3.80. The largest absolute Gasteiger partial charge is 1.00 e. The molecule has 0 aliphatic heterocycles. The van der Waals surface area contributed by atoms with Crippen LogP contribution >= 0.6 is 15.9 Å². The number of hydrogen-bond acceptors (Lipinski definition) is 0. The Morgan fingerprint density at radius 3 is 2.31 bits per heavy atom. The van der Waals surface area contributed by atoms with Gasteiger partial charge in [0.2, 0.25) is 0 Å². The second-order valence-corrected chi connectivity index (χ2v) is 4.14. The van der Waals surface area contributed by atoms with E-state index in [9.17, 15) is 0 Å². The zero-order valence-electron chi connectivity index (χ0n) is 8.53. The van der Waals surface area contributed by atoms with Crippen molar-refractivity contribution in [2.24, 2.45) is 0 Å². The molecule has 0 fully saturated rings. The molecule has 0 aliphatic rings. The summed E-state index contributed by atoms with van der Waals surface area (Å²) in [5.74, 6) is 0. The van der Waals surface area contributed by atoms with E-state index in [1.54, 1.807) is 0 Å². The highest BCUT2D eigenvalue weighted by Gasteiger charge is 1.90. The lowest BCUT2D eigenvalue weighted by Gasteiger charge is -1.94. The highest BCUT2D eigenvalue weighted by molar-refractivity contribution is 9.10. The van der Waals surface area contributed by atoms with Gasteiger partial charge >= 0.3 is 0 Å². The van der Waals surface area contributed by atoms with Crippen LogP contribution in [0.2, 0.25) is 0 Å². The van der Waals surface area contributed by atoms with Crippen molar-refractivity contribution < 1.29 is 17.4 Å². The van der Waals surface area contributed by atoms with Crippen LogP contribution < -0.4 is 17.4 Å². The predicted octanol–water partition coefficient (Wildman–Crippen LogP) is 0.438. The van der Waals surface area contributed by atoms with Gasteiger partial charge in [-0.3, -0.25) is 0 Å². The van der Waals surface area contributed by atoms with Gasteiger partial charge in [0.25, 0.3) is 0 Å². The number of hydrogen-bond donors (Lipinski definition) is 0. The molecule has 1 heterocycles. The summed E-state index contributed by atoms with van der Waals surface area (Å²) in [4.78, 5) is 3.00. The molecule has 16 heavy (non-hydrogen) atoms. The first-order valence-electron chi connectivity index (χ1n) is 4.74. The molecule has 3 heteroatoms. The first-order valence-corrected chi connectivity index (χ1v) is 5.54. The lowest BCUT2D eigenvalue weighted by Crippen LogP contribution is -3.00. The molecule has 1 nitrogen and oxygen atoms in total. The standard InChI is InChI=1S/C13H10BrN.ClH/c14-13-3-1-2-12(10-13)5-4-11-6-8-15-9-7-11;/h1-10H;1H/b5-4+;. The molecule has 0 saturated heterocycles. The normalized spacial score (nSPS) is 10.1. The molecule has 0 bridgehead atoms. The Morgan fingerprint density at radius 2 is 1.62 bits per heavy atom. The zero-order chi connectivity index (χ0) is 10.5. The molecule has 0 unspecified atom stereocenters. The van der Waals surface area contributed by atoms with E-state index >= 15 is 0 Å². The van der Waals surface area contributed by atoms with Crippen molar-refractivity contribution in [3.63, 3.8) is 0 Å². The second kappa shape index (κ2) is 6.46. The van der Waals surface area contributed by atoms with E-state index in [2.05, 4.69) is 45.2 Å². The third-order valence-electron chi connectivity index (χ3n) is 2.06. The van der Waals surface area contributed by atoms with Crippen molar-refractivity contribution in [3.05, 3.63) is 64.4 Å². The number of H-pyrrole nitrogens is 1. The van der Waals surface area contributed by atoms with Crippen molar-refractivity contribution in [2.75, 3.05) is 0 Å². The number of rotatable bonds is 2. The number of aromatic amines is 1. The molecule has 1 aromatic carbocycles. The fraction of sp³-hybridized carbons (Fsp3) is 0. The molecule has 2 rings (SSSR count). The summed E-state index contributed by atoms with van der Waals surface area (Å²) < 4.78 is 1.10. The van der Waals surface area contributed by atoms with Gasteiger partial charge in [0.15, 0.2) is 12.4 Å². The van der Waals surface area contributed by atoms with E-state index in [4.69, 9.17) is 0 Å². The molecule has 0 radical (unpaired) electrons. The van der Waals surface area contributed by atoms with Gasteiger partial charge < -0.3 is 12.4 Å². The Labute approximate surface area is 110 Å². The van der Waals surface area contributed by atoms with Crippen molar-refractivity contribution >= 4 is 28.1 Å². The number of benzene rings is 1. The number of halogens is 2. The summed E-state index contributed by atoms with van der Waals surface area (Å²) in [7, 11) is 0. The van der Waals surface area contributed by atoms with Crippen molar-refractivity contribution in [2.45, 2.75) is 0 Å². The highest BCUT2D eigenvalue weighted by atomic mass is 79.9. The summed E-state index contributed by atoms with van der Waals surface area (Å²) in [5, 5.41) is 0. The second-order valence-electron chi connectivity index (χ2n) is 3.22. The molecule has 0 spiro atoms. The molecule has 2 aromatic rings. The number of pyridine rings is 1. The number of aromatic nitrogens is 1. The first kappa shape index (κ1) is 12.9. The van der Waals surface area contributed by atoms with Crippen LogP contribution in [0.5, 0.6) is 0 Å². The van der Waals surface area contributed by atoms with Crippen LogP contribution in [0, 0.1) is 0 Å². The minimum Gasteiger partial charge on any atom is -1.00 e. The molecule has 0 aliphatic carbocycles. The minimum absolute atomic E-state index is 0. The molecule has 82 valence electrons. The number of nitrogens with one attached hydrogen (secondary N) is 1. The summed E-state index contributed by atoms with van der Waals surface area (Å²) in [6.45, 7) is 0. The summed E-state index contributed by atoms with van der Waals surface area (Å²) in [6.07, 6.45) is 8.02. The van der Waals surface area contributed by atoms with E-state index in [0.29, 0.717) is 0 Å². The van der Waals surface area contributed by atoms with Crippen LogP contribution in [0.25, 0.3) is 12.2 Å². The smallest absolute Gasteiger partial charge is 0.167 e. The van der Waals surface area contributed by atoms with Gasteiger partial charge in [-0.15, -0.1) is 0 Å². The van der Waals surface area contributed by atoms with E-state index < -0.39 is 0 Å². The van der Waals surface area contributed by atoms with E-state index in [-0.39, 0.29) is 12.4 Å². The summed E-state index contributed by atoms with van der Waals surface area (Å²) in [6, 6.07) is 12.3. The van der Waals surface area contributed by atoms with Crippen LogP contribution in [0.3, 0.4) is 0 Å². The van der Waals surface area contributed by atoms with E-state index in [1.165, 1.54) is 11.1 Å². The third-order valence-corrected chi connectivity index (χ3v) is 2.55. The lowest BCUT2D eigenvalue weighted by atomic mass is 10.1. The van der Waals surface area contributed by atoms with Gasteiger partial charge in [-0.05, 0) is 23.3 Å². The first-order chi connectivity index (χ1) is 7.34. The summed E-state index contributed by atoms with van der Waals surface area (Å²) in [5.41, 5.74) is 2.38. The van der Waals surface area contributed by atoms with Gasteiger partial charge in [0, 0.05) is 16.6 Å². The van der Waals surface area contributed by atoms with Gasteiger partial charge in [-0.25, -0.2) is 4.98 Å². The quantitative estimate of drug-likeness (QED) is 0.763. The fourth-order valence-corrected chi connectivity index (χ4v) is 1.73. The van der Waals surface area contributed by atoms with Gasteiger partial charge in [-0.2, -0.15) is 0 Å². The predicted molar refractivity (Wildman–Crippen MR) is 66.1 cm³/mol. The molecule has 0 saturated carbocycles. The average molecular weight is 297 g/mol. The lowest BCUT2D eigenvalue weighted by molar-refractivity contribution is -0.378. The molecular formula is C13H11BrClN. The topological polar surface area (TPSA) is 14.1 Å². The van der Waals surface area contributed by atoms with Crippen LogP contribution in [0.4, 0.5) is 0 Å². The Morgan fingerprint density at radius 1 is 0.938 bits per heavy atom. The molecule has 1 aromatic heterocycles. The Hall–Kier alpha value is -1.12. The maximum atomic E-state index is 3.45. The Kier molecular flexibility index (Phi) is 5.23. The van der Waals surface area contributed by atoms with Crippen molar-refractivity contribution in [1.82, 2.24) is 0 Å². The van der Waals surface area contributed by atoms with E-state index in [0.717, 1.165) is 4.47 Å². The molecular weight excluding hydrogens is 286 g/mol. The Bertz CT molecular complexity index is 468. The maximum absolute atomic E-state index is 3.45. The molecule has 1 N–H and O–H groups in total. The van der Waals surface area contributed by atoms with Crippen LogP contribution in [-0.2, 0) is 0 Å². The van der Waals surface area contributed by atoms with Gasteiger partial charge in [0.05, 0.1) is 0 Å². The van der Waals surface area contributed by atoms with Crippen molar-refractivity contribution in [1.29, 1.82) is 0 Å². The average Bonchev–Trinajstić information content (AvgIpc) is 2.28. The van der Waals surface area contributed by atoms with Crippen LogP contribution in [-0.4, -0.2) is 0 Å². The van der Waals surface area contributed by atoms with Crippen molar-refractivity contribution in [3.8, 4) is 0 Å². The van der Waals surface area contributed by atoms with Crippen LogP contribution in [0.15, 0.2) is 53.3 Å². The van der Waals surface area contributed by atoms with Gasteiger partial charge in [0.1, 0.15) is 0 Å². The molecule has 0 amide bonds. The van der Waals surface area contributed by atoms with Gasteiger partial charge in [-0.1, -0.05) is 40.2 Å². The molecule has 0 atom stereocenters. The van der Waals surface area contributed by atoms with Crippen LogP contribution in [0.1, 0.15) is 11.1 Å². The highest BCUT2D eigenvalue weighted by Crippen LogP contribution is 2.13. The SMILES string of the molecule is Brc1cccc(/C=C/c2cc[nH+]cc2)c1.[Cl-]. The summed E-state index contributed by atoms with van der Waals surface area (Å²) >= 11 is 3.45. The maximum Gasteiger partial charge on any atom is 0.167 e. The fourth-order valence-electron chi connectivity index (χ4n) is 1.31. The van der Waals surface area contributed by atoms with E-state index in [1.807, 2.05) is 36.7 Å². The monoisotopic (exact) mass is 295 g/mol. The zero-order valence-corrected chi connectivity index (χ0v) is 10.9.